The van der Waals surface area contributed by atoms with Crippen molar-refractivity contribution in [3.8, 4) is 0 Å². The van der Waals surface area contributed by atoms with Crippen LogP contribution < -0.4 is 5.32 Å². The van der Waals surface area contributed by atoms with E-state index >= 15 is 0 Å². The van der Waals surface area contributed by atoms with Gasteiger partial charge in [-0.15, -0.1) is 0 Å². The Morgan fingerprint density at radius 2 is 2.06 bits per heavy atom. The molecule has 0 aliphatic heterocycles. The monoisotopic (exact) mass is 252 g/mol. The van der Waals surface area contributed by atoms with Gasteiger partial charge in [-0.25, -0.2) is 0 Å². The summed E-state index contributed by atoms with van der Waals surface area (Å²) in [6, 6.07) is 2.72. The Bertz CT molecular complexity index is 309. The smallest absolute Gasteiger partial charge is 0.0431 e. The fraction of sp³-hybridized carbons (Fsp3) is 0.733. The molecule has 0 radical (unpaired) electrons. The highest BCUT2D eigenvalue weighted by atomic mass is 16.2. The molecule has 1 aromatic heterocycles. The summed E-state index contributed by atoms with van der Waals surface area (Å²) < 4.78 is 2.29. The zero-order chi connectivity index (χ0) is 13.2. The van der Waals surface area contributed by atoms with Gasteiger partial charge in [0.05, 0.1) is 0 Å². The summed E-state index contributed by atoms with van der Waals surface area (Å²) in [7, 11) is 2.03. The lowest BCUT2D eigenvalue weighted by Crippen LogP contribution is -2.15. The summed E-state index contributed by atoms with van der Waals surface area (Å²) in [5.74, 6) is 0. The predicted molar refractivity (Wildman–Crippen MR) is 76.7 cm³/mol. The van der Waals surface area contributed by atoms with E-state index in [4.69, 9.17) is 5.11 Å². The quantitative estimate of drug-likeness (QED) is 0.628. The van der Waals surface area contributed by atoms with Crippen molar-refractivity contribution in [2.45, 2.75) is 58.0 Å². The lowest BCUT2D eigenvalue weighted by Gasteiger charge is -2.13. The van der Waals surface area contributed by atoms with Crippen LogP contribution in [0, 0.1) is 0 Å². The lowest BCUT2D eigenvalue weighted by atomic mass is 10.1. The highest BCUT2D eigenvalue weighted by Gasteiger charge is 2.08. The standard InChI is InChI=1S/C15H28N2O/c1-3-8-15(16-2)14-9-11-17(13-14)10-6-4-5-7-12-18/h9,11,13,15-16,18H,3-8,10,12H2,1-2H3. The van der Waals surface area contributed by atoms with Crippen LogP contribution in [0.15, 0.2) is 18.5 Å². The van der Waals surface area contributed by atoms with E-state index in [1.165, 1.54) is 31.2 Å². The Morgan fingerprint density at radius 3 is 2.72 bits per heavy atom. The van der Waals surface area contributed by atoms with E-state index in [1.54, 1.807) is 0 Å². The number of nitrogens with one attached hydrogen (secondary N) is 1. The van der Waals surface area contributed by atoms with Crippen LogP contribution in [0.25, 0.3) is 0 Å². The highest BCUT2D eigenvalue weighted by molar-refractivity contribution is 5.15. The van der Waals surface area contributed by atoms with Gasteiger partial charge in [0.1, 0.15) is 0 Å². The molecule has 104 valence electrons. The topological polar surface area (TPSA) is 37.2 Å². The third-order valence-corrected chi connectivity index (χ3v) is 3.43. The maximum atomic E-state index is 8.71. The number of hydrogen-bond donors (Lipinski definition) is 2. The molecule has 1 atom stereocenters. The third-order valence-electron chi connectivity index (χ3n) is 3.43. The van der Waals surface area contributed by atoms with E-state index < -0.39 is 0 Å². The highest BCUT2D eigenvalue weighted by Crippen LogP contribution is 2.18. The van der Waals surface area contributed by atoms with Crippen molar-refractivity contribution in [1.82, 2.24) is 9.88 Å². The van der Waals surface area contributed by atoms with Crippen LogP contribution in [-0.4, -0.2) is 23.3 Å². The average molecular weight is 252 g/mol. The van der Waals surface area contributed by atoms with E-state index in [-0.39, 0.29) is 0 Å². The first-order valence-corrected chi connectivity index (χ1v) is 7.25. The second-order valence-corrected chi connectivity index (χ2v) is 4.95. The van der Waals surface area contributed by atoms with Gasteiger partial charge in [0.15, 0.2) is 0 Å². The molecule has 1 aromatic rings. The van der Waals surface area contributed by atoms with E-state index in [0.717, 1.165) is 19.4 Å². The van der Waals surface area contributed by atoms with Gasteiger partial charge in [0, 0.05) is 31.6 Å². The Kier molecular flexibility index (Phi) is 7.78. The van der Waals surface area contributed by atoms with Crippen molar-refractivity contribution in [1.29, 1.82) is 0 Å². The first-order chi connectivity index (χ1) is 8.81. The molecule has 0 aliphatic rings. The molecule has 3 nitrogen and oxygen atoms in total. The average Bonchev–Trinajstić information content (AvgIpc) is 2.84. The van der Waals surface area contributed by atoms with Crippen molar-refractivity contribution in [2.24, 2.45) is 0 Å². The van der Waals surface area contributed by atoms with Crippen LogP contribution in [0.1, 0.15) is 57.1 Å². The molecule has 3 heteroatoms. The molecule has 0 aromatic carbocycles. The van der Waals surface area contributed by atoms with Crippen LogP contribution in [0.2, 0.25) is 0 Å². The zero-order valence-electron chi connectivity index (χ0n) is 11.9. The summed E-state index contributed by atoms with van der Waals surface area (Å²) >= 11 is 0. The number of rotatable bonds is 10. The summed E-state index contributed by atoms with van der Waals surface area (Å²) in [5.41, 5.74) is 1.40. The van der Waals surface area contributed by atoms with Gasteiger partial charge < -0.3 is 15.0 Å². The maximum Gasteiger partial charge on any atom is 0.0431 e. The molecule has 0 bridgehead atoms. The normalized spacial score (nSPS) is 12.8. The predicted octanol–water partition coefficient (Wildman–Crippen LogP) is 3.10. The van der Waals surface area contributed by atoms with Crippen LogP contribution in [0.3, 0.4) is 0 Å². The van der Waals surface area contributed by atoms with Crippen molar-refractivity contribution in [3.05, 3.63) is 24.0 Å². The molecule has 0 amide bonds. The van der Waals surface area contributed by atoms with E-state index in [1.807, 2.05) is 7.05 Å². The van der Waals surface area contributed by atoms with E-state index in [0.29, 0.717) is 12.6 Å². The SMILES string of the molecule is CCCC(NC)c1ccn(CCCCCCO)c1. The van der Waals surface area contributed by atoms with Gasteiger partial charge in [-0.3, -0.25) is 0 Å². The molecule has 0 spiro atoms. The Morgan fingerprint density at radius 1 is 1.28 bits per heavy atom. The van der Waals surface area contributed by atoms with Crippen LogP contribution in [0.5, 0.6) is 0 Å². The second kappa shape index (κ2) is 9.17. The zero-order valence-corrected chi connectivity index (χ0v) is 11.9. The Hall–Kier alpha value is -0.800. The number of aliphatic hydroxyl groups excluding tert-OH is 1. The first kappa shape index (κ1) is 15.3. The molecule has 0 saturated heterocycles. The lowest BCUT2D eigenvalue weighted by molar-refractivity contribution is 0.282. The molecule has 0 saturated carbocycles. The summed E-state index contributed by atoms with van der Waals surface area (Å²) in [4.78, 5) is 0. The summed E-state index contributed by atoms with van der Waals surface area (Å²) in [6.45, 7) is 3.64. The fourth-order valence-electron chi connectivity index (χ4n) is 2.33. The molecule has 0 aliphatic carbocycles. The third kappa shape index (κ3) is 5.23. The first-order valence-electron chi connectivity index (χ1n) is 7.25. The van der Waals surface area contributed by atoms with E-state index in [9.17, 15) is 0 Å². The van der Waals surface area contributed by atoms with Crippen molar-refractivity contribution >= 4 is 0 Å². The number of unbranched alkanes of at least 4 members (excludes halogenated alkanes) is 3. The van der Waals surface area contributed by atoms with Gasteiger partial charge >= 0.3 is 0 Å². The van der Waals surface area contributed by atoms with Gasteiger partial charge in [0.2, 0.25) is 0 Å². The van der Waals surface area contributed by atoms with Gasteiger partial charge in [-0.2, -0.15) is 0 Å². The number of nitrogens with zero attached hydrogens (tertiary/aromatic N) is 1. The van der Waals surface area contributed by atoms with Crippen molar-refractivity contribution in [3.63, 3.8) is 0 Å². The molecule has 1 unspecified atom stereocenters. The van der Waals surface area contributed by atoms with Crippen molar-refractivity contribution < 1.29 is 5.11 Å². The second-order valence-electron chi connectivity index (χ2n) is 4.95. The fourth-order valence-corrected chi connectivity index (χ4v) is 2.33. The molecular formula is C15H28N2O. The Balaban J connectivity index is 2.33. The number of aromatic nitrogens is 1. The minimum Gasteiger partial charge on any atom is -0.396 e. The molecule has 2 N–H and O–H groups in total. The maximum absolute atomic E-state index is 8.71. The Labute approximate surface area is 111 Å². The largest absolute Gasteiger partial charge is 0.396 e. The number of aryl methyl sites for hydroxylation is 1. The minimum absolute atomic E-state index is 0.328. The molecule has 18 heavy (non-hydrogen) atoms. The van der Waals surface area contributed by atoms with Gasteiger partial charge in [-0.1, -0.05) is 26.2 Å². The van der Waals surface area contributed by atoms with Crippen LogP contribution in [0.4, 0.5) is 0 Å². The molecule has 1 rings (SSSR count). The number of hydrogen-bond acceptors (Lipinski definition) is 2. The van der Waals surface area contributed by atoms with E-state index in [2.05, 4.69) is 35.3 Å². The molecular weight excluding hydrogens is 224 g/mol. The molecule has 1 heterocycles. The minimum atomic E-state index is 0.328. The van der Waals surface area contributed by atoms with Gasteiger partial charge in [-0.05, 0) is 37.9 Å². The van der Waals surface area contributed by atoms with Crippen LogP contribution in [-0.2, 0) is 6.54 Å². The van der Waals surface area contributed by atoms with Crippen molar-refractivity contribution in [2.75, 3.05) is 13.7 Å². The summed E-state index contributed by atoms with van der Waals surface area (Å²) in [5, 5.41) is 12.1. The van der Waals surface area contributed by atoms with Crippen LogP contribution >= 0.6 is 0 Å². The summed E-state index contributed by atoms with van der Waals surface area (Å²) in [6.07, 6.45) is 11.3. The molecule has 0 fully saturated rings. The number of aliphatic hydroxyl groups is 1. The van der Waals surface area contributed by atoms with Gasteiger partial charge in [0.25, 0.3) is 0 Å².